The van der Waals surface area contributed by atoms with E-state index in [1.54, 1.807) is 6.92 Å². The van der Waals surface area contributed by atoms with Gasteiger partial charge in [-0.05, 0) is 5.92 Å². The second-order valence-electron chi connectivity index (χ2n) is 4.38. The molecule has 0 spiro atoms. The molecule has 0 bridgehead atoms. The molecule has 0 radical (unpaired) electrons. The van der Waals surface area contributed by atoms with Crippen molar-refractivity contribution in [3.05, 3.63) is 0 Å². The molecule has 1 fully saturated rings. The van der Waals surface area contributed by atoms with Gasteiger partial charge in [0.1, 0.15) is 0 Å². The van der Waals surface area contributed by atoms with Crippen LogP contribution in [0.5, 0.6) is 0 Å². The Bertz CT molecular complexity index is 432. The molecule has 0 aliphatic carbocycles. The van der Waals surface area contributed by atoms with Crippen LogP contribution in [-0.2, 0) is 24.3 Å². The van der Waals surface area contributed by atoms with Gasteiger partial charge in [0, 0.05) is 13.1 Å². The van der Waals surface area contributed by atoms with E-state index in [4.69, 9.17) is 5.11 Å². The Labute approximate surface area is 106 Å². The highest BCUT2D eigenvalue weighted by molar-refractivity contribution is 7.89. The SMILES string of the molecule is COC(=O)C1CN(S(=O)(=O)CCC(=O)O)CC1C. The molecular formula is C10H17NO6S. The zero-order valence-electron chi connectivity index (χ0n) is 10.3. The number of esters is 1. The molecule has 0 aromatic rings. The molecule has 0 amide bonds. The lowest BCUT2D eigenvalue weighted by Gasteiger charge is -2.15. The third-order valence-corrected chi connectivity index (χ3v) is 4.86. The van der Waals surface area contributed by atoms with Crippen molar-refractivity contribution in [3.63, 3.8) is 0 Å². The fourth-order valence-electron chi connectivity index (χ4n) is 1.95. The minimum absolute atomic E-state index is 0.0653. The largest absolute Gasteiger partial charge is 0.481 e. The van der Waals surface area contributed by atoms with Crippen LogP contribution in [0.1, 0.15) is 13.3 Å². The average Bonchev–Trinajstić information content (AvgIpc) is 2.68. The number of nitrogens with zero attached hydrogens (tertiary/aromatic N) is 1. The summed E-state index contributed by atoms with van der Waals surface area (Å²) >= 11 is 0. The van der Waals surface area contributed by atoms with Crippen molar-refractivity contribution in [3.8, 4) is 0 Å². The van der Waals surface area contributed by atoms with E-state index in [9.17, 15) is 18.0 Å². The van der Waals surface area contributed by atoms with Gasteiger partial charge in [0.05, 0.1) is 25.2 Å². The van der Waals surface area contributed by atoms with Crippen LogP contribution in [0.25, 0.3) is 0 Å². The van der Waals surface area contributed by atoms with Gasteiger partial charge in [0.15, 0.2) is 0 Å². The van der Waals surface area contributed by atoms with Crippen LogP contribution in [0.3, 0.4) is 0 Å². The van der Waals surface area contributed by atoms with Gasteiger partial charge in [0.25, 0.3) is 0 Å². The zero-order chi connectivity index (χ0) is 13.9. The summed E-state index contributed by atoms with van der Waals surface area (Å²) in [7, 11) is -2.36. The van der Waals surface area contributed by atoms with Crippen molar-refractivity contribution >= 4 is 22.0 Å². The molecule has 1 rings (SSSR count). The number of carbonyl (C=O) groups is 2. The van der Waals surface area contributed by atoms with Crippen LogP contribution < -0.4 is 0 Å². The summed E-state index contributed by atoms with van der Waals surface area (Å²) in [5, 5.41) is 8.49. The molecule has 8 heteroatoms. The summed E-state index contributed by atoms with van der Waals surface area (Å²) in [6, 6.07) is 0. The molecule has 1 aliphatic rings. The number of aliphatic carboxylic acids is 1. The van der Waals surface area contributed by atoms with Crippen LogP contribution in [0.15, 0.2) is 0 Å². The van der Waals surface area contributed by atoms with Crippen LogP contribution in [0.4, 0.5) is 0 Å². The molecule has 1 aliphatic heterocycles. The Morgan fingerprint density at radius 2 is 2.00 bits per heavy atom. The Kier molecular flexibility index (Phi) is 4.69. The van der Waals surface area contributed by atoms with Crippen molar-refractivity contribution in [1.82, 2.24) is 4.31 Å². The first-order valence-electron chi connectivity index (χ1n) is 5.55. The normalized spacial score (nSPS) is 25.0. The van der Waals surface area contributed by atoms with Crippen LogP contribution in [0, 0.1) is 11.8 Å². The molecule has 2 atom stereocenters. The van der Waals surface area contributed by atoms with Crippen molar-refractivity contribution < 1.29 is 27.9 Å². The smallest absolute Gasteiger partial charge is 0.310 e. The number of hydrogen-bond acceptors (Lipinski definition) is 5. The summed E-state index contributed by atoms with van der Waals surface area (Å²) in [5.74, 6) is -2.64. The molecule has 0 aromatic heterocycles. The Morgan fingerprint density at radius 3 is 2.50 bits per heavy atom. The predicted molar refractivity (Wildman–Crippen MR) is 62.3 cm³/mol. The van der Waals surface area contributed by atoms with Gasteiger partial charge in [-0.15, -0.1) is 0 Å². The van der Waals surface area contributed by atoms with Gasteiger partial charge >= 0.3 is 11.9 Å². The molecule has 1 saturated heterocycles. The van der Waals surface area contributed by atoms with Crippen molar-refractivity contribution in [1.29, 1.82) is 0 Å². The second kappa shape index (κ2) is 5.66. The van der Waals surface area contributed by atoms with Gasteiger partial charge in [0.2, 0.25) is 10.0 Å². The Hall–Kier alpha value is -1.15. The van der Waals surface area contributed by atoms with E-state index in [1.807, 2.05) is 0 Å². The highest BCUT2D eigenvalue weighted by Gasteiger charge is 2.40. The number of methoxy groups -OCH3 is 1. The van der Waals surface area contributed by atoms with Crippen LogP contribution in [-0.4, -0.2) is 55.7 Å². The first kappa shape index (κ1) is 14.9. The maximum absolute atomic E-state index is 11.8. The molecule has 0 aromatic carbocycles. The zero-order valence-corrected chi connectivity index (χ0v) is 11.1. The van der Waals surface area contributed by atoms with E-state index in [0.717, 1.165) is 0 Å². The summed E-state index contributed by atoms with van der Waals surface area (Å²) in [4.78, 5) is 21.8. The molecule has 18 heavy (non-hydrogen) atoms. The number of rotatable bonds is 5. The number of carboxylic acids is 1. The number of carbonyl (C=O) groups excluding carboxylic acids is 1. The minimum atomic E-state index is -3.62. The number of carboxylic acid groups (broad SMARTS) is 1. The van der Waals surface area contributed by atoms with E-state index < -0.39 is 40.1 Å². The van der Waals surface area contributed by atoms with Gasteiger partial charge in [-0.25, -0.2) is 12.7 Å². The van der Waals surface area contributed by atoms with Crippen molar-refractivity contribution in [2.45, 2.75) is 13.3 Å². The van der Waals surface area contributed by atoms with Gasteiger partial charge in [-0.3, -0.25) is 9.59 Å². The summed E-state index contributed by atoms with van der Waals surface area (Å²) in [6.07, 6.45) is -0.434. The molecule has 1 heterocycles. The van der Waals surface area contributed by atoms with Crippen molar-refractivity contribution in [2.75, 3.05) is 26.0 Å². The molecule has 2 unspecified atom stereocenters. The Balaban J connectivity index is 2.70. The number of ether oxygens (including phenoxy) is 1. The second-order valence-corrected chi connectivity index (χ2v) is 6.47. The first-order chi connectivity index (χ1) is 8.27. The van der Waals surface area contributed by atoms with Crippen LogP contribution >= 0.6 is 0 Å². The highest BCUT2D eigenvalue weighted by atomic mass is 32.2. The molecule has 7 nitrogen and oxygen atoms in total. The van der Waals surface area contributed by atoms with Gasteiger partial charge in [-0.2, -0.15) is 0 Å². The number of sulfonamides is 1. The van der Waals surface area contributed by atoms with E-state index in [0.29, 0.717) is 0 Å². The maximum Gasteiger partial charge on any atom is 0.310 e. The van der Waals surface area contributed by atoms with Gasteiger partial charge in [-0.1, -0.05) is 6.92 Å². The molecule has 104 valence electrons. The predicted octanol–water partition coefficient (Wildman–Crippen LogP) is -0.468. The lowest BCUT2D eigenvalue weighted by atomic mass is 9.99. The lowest BCUT2D eigenvalue weighted by molar-refractivity contribution is -0.146. The average molecular weight is 279 g/mol. The lowest BCUT2D eigenvalue weighted by Crippen LogP contribution is -2.32. The van der Waals surface area contributed by atoms with E-state index in [-0.39, 0.29) is 19.0 Å². The quantitative estimate of drug-likeness (QED) is 0.683. The fraction of sp³-hybridized carbons (Fsp3) is 0.800. The van der Waals surface area contributed by atoms with E-state index in [1.165, 1.54) is 11.4 Å². The van der Waals surface area contributed by atoms with E-state index in [2.05, 4.69) is 4.74 Å². The summed E-state index contributed by atoms with van der Waals surface area (Å²) in [5.41, 5.74) is 0. The Morgan fingerprint density at radius 1 is 1.39 bits per heavy atom. The first-order valence-corrected chi connectivity index (χ1v) is 7.16. The summed E-state index contributed by atoms with van der Waals surface area (Å²) < 4.78 is 29.5. The summed E-state index contributed by atoms with van der Waals surface area (Å²) in [6.45, 7) is 2.06. The monoisotopic (exact) mass is 279 g/mol. The topological polar surface area (TPSA) is 101 Å². The number of hydrogen-bond donors (Lipinski definition) is 1. The maximum atomic E-state index is 11.8. The molecule has 1 N–H and O–H groups in total. The van der Waals surface area contributed by atoms with Crippen LogP contribution in [0.2, 0.25) is 0 Å². The third-order valence-electron chi connectivity index (χ3n) is 3.05. The fourth-order valence-corrected chi connectivity index (χ4v) is 3.49. The molecular weight excluding hydrogens is 262 g/mol. The van der Waals surface area contributed by atoms with Crippen molar-refractivity contribution in [2.24, 2.45) is 11.8 Å². The third kappa shape index (κ3) is 3.42. The molecule has 0 saturated carbocycles. The van der Waals surface area contributed by atoms with E-state index >= 15 is 0 Å². The highest BCUT2D eigenvalue weighted by Crippen LogP contribution is 2.26. The minimum Gasteiger partial charge on any atom is -0.481 e. The van der Waals surface area contributed by atoms with Gasteiger partial charge < -0.3 is 9.84 Å². The standard InChI is InChI=1S/C10H17NO6S/c1-7-5-11(6-8(7)10(14)17-2)18(15,16)4-3-9(12)13/h7-8H,3-6H2,1-2H3,(H,12,13).